The van der Waals surface area contributed by atoms with Crippen LogP contribution in [0, 0.1) is 17.8 Å². The molecule has 3 aliphatic rings. The third-order valence-corrected chi connectivity index (χ3v) is 11.2. The van der Waals surface area contributed by atoms with Crippen molar-refractivity contribution in [1.82, 2.24) is 4.90 Å². The molecule has 3 aromatic rings. The van der Waals surface area contributed by atoms with Gasteiger partial charge in [0.05, 0.1) is 16.6 Å². The van der Waals surface area contributed by atoms with Crippen molar-refractivity contribution in [1.29, 1.82) is 0 Å². The highest BCUT2D eigenvalue weighted by Gasteiger charge is 2.75. The zero-order valence-corrected chi connectivity index (χ0v) is 24.1. The number of likely N-dealkylation sites (tertiary alicyclic amines) is 1. The number of aliphatic hydroxyl groups is 1. The van der Waals surface area contributed by atoms with E-state index in [4.69, 9.17) is 0 Å². The summed E-state index contributed by atoms with van der Waals surface area (Å²) in [6, 6.07) is 22.6. The summed E-state index contributed by atoms with van der Waals surface area (Å²) in [6.45, 7) is 2.75. The summed E-state index contributed by atoms with van der Waals surface area (Å²) in [6.07, 6.45) is 4.01. The number of aliphatic hydroxyl groups excluding tert-OH is 1. The highest BCUT2D eigenvalue weighted by Crippen LogP contribution is 2.68. The van der Waals surface area contributed by atoms with E-state index >= 15 is 0 Å². The van der Waals surface area contributed by atoms with Crippen molar-refractivity contribution in [2.45, 2.75) is 55.1 Å². The molecule has 3 heterocycles. The van der Waals surface area contributed by atoms with Crippen LogP contribution in [0.5, 0.6) is 0 Å². The van der Waals surface area contributed by atoms with Crippen molar-refractivity contribution in [3.63, 3.8) is 0 Å². The van der Waals surface area contributed by atoms with Gasteiger partial charge in [-0.1, -0.05) is 68.3 Å². The van der Waals surface area contributed by atoms with Gasteiger partial charge in [-0.3, -0.25) is 14.4 Å². The summed E-state index contributed by atoms with van der Waals surface area (Å²) < 4.78 is -0.660. The van der Waals surface area contributed by atoms with Crippen LogP contribution < -0.4 is 10.6 Å². The molecule has 8 heteroatoms. The molecule has 3 N–H and O–H groups in total. The van der Waals surface area contributed by atoms with Gasteiger partial charge in [0.15, 0.2) is 0 Å². The molecule has 6 atom stereocenters. The van der Waals surface area contributed by atoms with E-state index in [0.29, 0.717) is 17.9 Å². The number of benzene rings is 3. The third-order valence-electron chi connectivity index (χ3n) is 9.16. The predicted molar refractivity (Wildman–Crippen MR) is 164 cm³/mol. The van der Waals surface area contributed by atoms with E-state index in [-0.39, 0.29) is 35.5 Å². The molecule has 6 rings (SSSR count). The van der Waals surface area contributed by atoms with Crippen LogP contribution in [-0.2, 0) is 14.4 Å². The van der Waals surface area contributed by atoms with Crippen molar-refractivity contribution in [3.05, 3.63) is 72.8 Å². The molecule has 3 amide bonds. The lowest BCUT2D eigenvalue weighted by atomic mass is 9.66. The first-order valence-electron chi connectivity index (χ1n) is 14.7. The molecule has 41 heavy (non-hydrogen) atoms. The maximum absolute atomic E-state index is 14.3. The molecule has 0 radical (unpaired) electrons. The number of nitrogens with one attached hydrogen (secondary N) is 2. The number of thioether (sulfide) groups is 1. The first-order chi connectivity index (χ1) is 19.9. The van der Waals surface area contributed by atoms with Gasteiger partial charge in [0.1, 0.15) is 6.04 Å². The zero-order chi connectivity index (χ0) is 28.6. The summed E-state index contributed by atoms with van der Waals surface area (Å²) in [4.78, 5) is 44.0. The number of para-hydroxylation sites is 1. The van der Waals surface area contributed by atoms with Gasteiger partial charge in [-0.25, -0.2) is 0 Å². The largest absolute Gasteiger partial charge is 0.396 e. The molecule has 3 aromatic carbocycles. The van der Waals surface area contributed by atoms with Gasteiger partial charge >= 0.3 is 0 Å². The molecular formula is C33H37N3O4S. The number of carbonyl (C=O) groups is 3. The Balaban J connectivity index is 1.31. The minimum atomic E-state index is -0.663. The second kappa shape index (κ2) is 11.5. The molecule has 0 aliphatic carbocycles. The highest BCUT2D eigenvalue weighted by atomic mass is 32.2. The Bertz CT molecular complexity index is 1450. The SMILES string of the molecule is CC1C[C@@H]2SC13C(C(=O)Nc1ccc4ccccc4c1)N(CCCCCCO)C(=O)[C@@H]3[C@@H]2C(=O)Nc1ccccc1. The van der Waals surface area contributed by atoms with Crippen LogP contribution in [0.25, 0.3) is 10.8 Å². The summed E-state index contributed by atoms with van der Waals surface area (Å²) >= 11 is 1.69. The lowest BCUT2D eigenvalue weighted by Gasteiger charge is -2.38. The van der Waals surface area contributed by atoms with Gasteiger partial charge in [-0.2, -0.15) is 0 Å². The normalized spacial score (nSPS) is 28.2. The molecular weight excluding hydrogens is 534 g/mol. The Hall–Kier alpha value is -3.36. The maximum Gasteiger partial charge on any atom is 0.248 e. The molecule has 0 saturated carbocycles. The predicted octanol–water partition coefficient (Wildman–Crippen LogP) is 5.31. The average molecular weight is 572 g/mol. The minimum Gasteiger partial charge on any atom is -0.396 e. The van der Waals surface area contributed by atoms with Crippen LogP contribution in [-0.4, -0.2) is 56.9 Å². The topological polar surface area (TPSA) is 98.7 Å². The first kappa shape index (κ1) is 27.8. The molecule has 2 bridgehead atoms. The Morgan fingerprint density at radius 2 is 1.61 bits per heavy atom. The van der Waals surface area contributed by atoms with Gasteiger partial charge in [0.2, 0.25) is 17.7 Å². The summed E-state index contributed by atoms with van der Waals surface area (Å²) in [5.41, 5.74) is 1.41. The molecule has 3 saturated heterocycles. The van der Waals surface area contributed by atoms with E-state index in [1.54, 1.807) is 16.7 Å². The number of amides is 3. The highest BCUT2D eigenvalue weighted by molar-refractivity contribution is 8.02. The van der Waals surface area contributed by atoms with E-state index in [0.717, 1.165) is 42.9 Å². The fourth-order valence-electron chi connectivity index (χ4n) is 7.33. The molecule has 0 aromatic heterocycles. The van der Waals surface area contributed by atoms with Crippen LogP contribution in [0.15, 0.2) is 72.8 Å². The molecule has 3 aliphatic heterocycles. The van der Waals surface area contributed by atoms with E-state index in [2.05, 4.69) is 17.6 Å². The van der Waals surface area contributed by atoms with Gasteiger partial charge in [0.25, 0.3) is 0 Å². The number of hydrogen-bond acceptors (Lipinski definition) is 5. The number of rotatable bonds is 10. The molecule has 3 fully saturated rings. The van der Waals surface area contributed by atoms with Crippen LogP contribution >= 0.6 is 11.8 Å². The fourth-order valence-corrected chi connectivity index (χ4v) is 9.75. The van der Waals surface area contributed by atoms with E-state index in [9.17, 15) is 19.5 Å². The summed E-state index contributed by atoms with van der Waals surface area (Å²) in [5, 5.41) is 17.5. The lowest BCUT2D eigenvalue weighted by molar-refractivity contribution is -0.138. The number of carbonyl (C=O) groups excluding carboxylic acids is 3. The van der Waals surface area contributed by atoms with Crippen molar-refractivity contribution in [2.75, 3.05) is 23.8 Å². The Kier molecular flexibility index (Phi) is 7.79. The van der Waals surface area contributed by atoms with Crippen molar-refractivity contribution < 1.29 is 19.5 Å². The number of fused-ring (bicyclic) bond motifs is 2. The monoisotopic (exact) mass is 571 g/mol. The number of unbranched alkanes of at least 4 members (excludes halogenated alkanes) is 3. The number of anilines is 2. The lowest BCUT2D eigenvalue weighted by Crippen LogP contribution is -2.54. The maximum atomic E-state index is 14.3. The van der Waals surface area contributed by atoms with Crippen LogP contribution in [0.1, 0.15) is 39.0 Å². The number of nitrogens with zero attached hydrogens (tertiary/aromatic N) is 1. The molecule has 214 valence electrons. The van der Waals surface area contributed by atoms with Crippen molar-refractivity contribution in [2.24, 2.45) is 17.8 Å². The second-order valence-electron chi connectivity index (χ2n) is 11.6. The fraction of sp³-hybridized carbons (Fsp3) is 0.424. The van der Waals surface area contributed by atoms with E-state index < -0.39 is 22.6 Å². The zero-order valence-electron chi connectivity index (χ0n) is 23.3. The van der Waals surface area contributed by atoms with Gasteiger partial charge in [-0.15, -0.1) is 11.8 Å². The Morgan fingerprint density at radius 1 is 0.902 bits per heavy atom. The first-order valence-corrected chi connectivity index (χ1v) is 15.6. The second-order valence-corrected chi connectivity index (χ2v) is 13.2. The molecule has 7 nitrogen and oxygen atoms in total. The van der Waals surface area contributed by atoms with E-state index in [1.165, 1.54) is 0 Å². The summed E-state index contributed by atoms with van der Waals surface area (Å²) in [5.74, 6) is -1.33. The van der Waals surface area contributed by atoms with Gasteiger partial charge < -0.3 is 20.6 Å². The van der Waals surface area contributed by atoms with Gasteiger partial charge in [-0.05, 0) is 60.2 Å². The smallest absolute Gasteiger partial charge is 0.248 e. The minimum absolute atomic E-state index is 0.00895. The van der Waals surface area contributed by atoms with Crippen molar-refractivity contribution in [3.8, 4) is 0 Å². The number of hydrogen-bond donors (Lipinski definition) is 3. The Labute approximate surface area is 245 Å². The quantitative estimate of drug-likeness (QED) is 0.287. The third kappa shape index (κ3) is 4.91. The molecule has 3 unspecified atom stereocenters. The van der Waals surface area contributed by atoms with Crippen LogP contribution in [0.3, 0.4) is 0 Å². The Morgan fingerprint density at radius 3 is 2.39 bits per heavy atom. The van der Waals surface area contributed by atoms with E-state index in [1.807, 2.05) is 72.8 Å². The standard InChI is InChI=1S/C33H37N3O4S/c1-21-19-26-27(30(38)34-24-13-5-4-6-14-24)28-32(40)36(17-9-2-3-10-18-37)29(33(21,28)41-26)31(39)35-25-16-15-22-11-7-8-12-23(22)20-25/h4-8,11-16,20-21,26-29,37H,2-3,9-10,17-19H2,1H3,(H,34,38)(H,35,39)/t21?,26-,27+,28-,29?,33?/m0/s1. The summed E-state index contributed by atoms with van der Waals surface area (Å²) in [7, 11) is 0. The van der Waals surface area contributed by atoms with Crippen LogP contribution in [0.4, 0.5) is 11.4 Å². The van der Waals surface area contributed by atoms with Gasteiger partial charge in [0, 0.05) is 29.8 Å². The molecule has 1 spiro atoms. The average Bonchev–Trinajstić information content (AvgIpc) is 3.57. The van der Waals surface area contributed by atoms with Crippen molar-refractivity contribution >= 4 is 51.6 Å². The van der Waals surface area contributed by atoms with Crippen LogP contribution in [0.2, 0.25) is 0 Å².